The normalized spacial score (nSPS) is 11.0. The number of carbonyl (C=O) groups is 3. The fourth-order valence-corrected chi connectivity index (χ4v) is 1.74. The smallest absolute Gasteiger partial charge is 0.323 e. The Morgan fingerprint density at radius 1 is 1.09 bits per heavy atom. The van der Waals surface area contributed by atoms with Crippen LogP contribution in [0.3, 0.4) is 0 Å². The van der Waals surface area contributed by atoms with E-state index in [9.17, 15) is 14.4 Å². The van der Waals surface area contributed by atoms with E-state index in [1.165, 1.54) is 26.0 Å². The molecule has 1 unspecified atom stereocenters. The molecule has 0 fully saturated rings. The zero-order valence-corrected chi connectivity index (χ0v) is 14.0. The Morgan fingerprint density at radius 2 is 1.65 bits per heavy atom. The highest BCUT2D eigenvalue weighted by Crippen LogP contribution is 2.29. The van der Waals surface area contributed by atoms with Crippen LogP contribution in [0, 0.1) is 0 Å². The average Bonchev–Trinajstić information content (AvgIpc) is 2.40. The molecule has 128 valence electrons. The number of benzene rings is 1. The molecular formula is C15H20ClNO6. The summed E-state index contributed by atoms with van der Waals surface area (Å²) in [7, 11) is 0. The molecule has 23 heavy (non-hydrogen) atoms. The van der Waals surface area contributed by atoms with Crippen molar-refractivity contribution in [2.45, 2.75) is 33.2 Å². The van der Waals surface area contributed by atoms with Crippen LogP contribution < -0.4 is 15.2 Å². The minimum Gasteiger partial charge on any atom is -0.465 e. The standard InChI is InChI=1S/C15H19NO6.ClH/c1-4-20-15(19)12(16)7-11-5-6-13(21-9(2)17)14(8-11)22-10(3)18;/h5-6,8,12H,4,7,16H2,1-3H3;1H. The number of hydrogen-bond acceptors (Lipinski definition) is 7. The van der Waals surface area contributed by atoms with Gasteiger partial charge in [-0.15, -0.1) is 12.4 Å². The summed E-state index contributed by atoms with van der Waals surface area (Å²) >= 11 is 0. The van der Waals surface area contributed by atoms with Crippen molar-refractivity contribution in [3.8, 4) is 11.5 Å². The number of rotatable bonds is 6. The topological polar surface area (TPSA) is 105 Å². The summed E-state index contributed by atoms with van der Waals surface area (Å²) < 4.78 is 14.8. The molecule has 0 aromatic heterocycles. The van der Waals surface area contributed by atoms with Gasteiger partial charge in [-0.25, -0.2) is 0 Å². The van der Waals surface area contributed by atoms with E-state index in [2.05, 4.69) is 0 Å². The molecule has 0 amide bonds. The Hall–Kier alpha value is -2.12. The molecule has 7 nitrogen and oxygen atoms in total. The SMILES string of the molecule is CCOC(=O)C(N)Cc1ccc(OC(C)=O)c(OC(C)=O)c1.Cl. The van der Waals surface area contributed by atoms with E-state index >= 15 is 0 Å². The van der Waals surface area contributed by atoms with Crippen LogP contribution in [0.2, 0.25) is 0 Å². The molecule has 0 aliphatic carbocycles. The fourth-order valence-electron chi connectivity index (χ4n) is 1.74. The van der Waals surface area contributed by atoms with Crippen molar-refractivity contribution in [1.82, 2.24) is 0 Å². The van der Waals surface area contributed by atoms with Crippen molar-refractivity contribution >= 4 is 30.3 Å². The van der Waals surface area contributed by atoms with Gasteiger partial charge in [-0.05, 0) is 31.0 Å². The molecule has 0 aliphatic rings. The van der Waals surface area contributed by atoms with E-state index < -0.39 is 23.9 Å². The fraction of sp³-hybridized carbons (Fsp3) is 0.400. The first-order valence-corrected chi connectivity index (χ1v) is 6.75. The van der Waals surface area contributed by atoms with Crippen LogP contribution >= 0.6 is 12.4 Å². The van der Waals surface area contributed by atoms with E-state index in [0.717, 1.165) is 0 Å². The molecule has 0 radical (unpaired) electrons. The van der Waals surface area contributed by atoms with Gasteiger partial charge in [0.2, 0.25) is 0 Å². The van der Waals surface area contributed by atoms with Gasteiger partial charge in [0.15, 0.2) is 11.5 Å². The summed E-state index contributed by atoms with van der Waals surface area (Å²) in [5, 5.41) is 0. The van der Waals surface area contributed by atoms with Crippen molar-refractivity contribution in [1.29, 1.82) is 0 Å². The molecule has 2 N–H and O–H groups in total. The van der Waals surface area contributed by atoms with Gasteiger partial charge in [0.1, 0.15) is 6.04 Å². The largest absolute Gasteiger partial charge is 0.465 e. The highest BCUT2D eigenvalue weighted by Gasteiger charge is 2.17. The van der Waals surface area contributed by atoms with Gasteiger partial charge in [-0.3, -0.25) is 14.4 Å². The van der Waals surface area contributed by atoms with Crippen LogP contribution in [0.15, 0.2) is 18.2 Å². The number of carbonyl (C=O) groups excluding carboxylic acids is 3. The van der Waals surface area contributed by atoms with E-state index in [-0.39, 0.29) is 36.9 Å². The molecule has 0 spiro atoms. The van der Waals surface area contributed by atoms with Gasteiger partial charge in [0.25, 0.3) is 0 Å². The number of esters is 3. The molecule has 0 bridgehead atoms. The number of ether oxygens (including phenoxy) is 3. The molecule has 0 saturated carbocycles. The highest BCUT2D eigenvalue weighted by atomic mass is 35.5. The maximum Gasteiger partial charge on any atom is 0.323 e. The Labute approximate surface area is 140 Å². The van der Waals surface area contributed by atoms with Crippen LogP contribution in [0.1, 0.15) is 26.3 Å². The number of halogens is 1. The number of hydrogen-bond donors (Lipinski definition) is 1. The summed E-state index contributed by atoms with van der Waals surface area (Å²) in [6.07, 6.45) is 0.202. The molecule has 1 aromatic rings. The lowest BCUT2D eigenvalue weighted by Gasteiger charge is -2.13. The minimum atomic E-state index is -0.829. The second-order valence-electron chi connectivity index (χ2n) is 4.53. The first-order chi connectivity index (χ1) is 10.3. The van der Waals surface area contributed by atoms with Crippen molar-refractivity contribution < 1.29 is 28.6 Å². The van der Waals surface area contributed by atoms with Crippen LogP contribution in [0.25, 0.3) is 0 Å². The maximum absolute atomic E-state index is 11.5. The first kappa shape index (κ1) is 20.9. The van der Waals surface area contributed by atoms with Crippen LogP contribution in [-0.2, 0) is 25.5 Å². The summed E-state index contributed by atoms with van der Waals surface area (Å²) in [6.45, 7) is 4.41. The van der Waals surface area contributed by atoms with E-state index in [1.807, 2.05) is 0 Å². The third-order valence-corrected chi connectivity index (χ3v) is 2.56. The predicted octanol–water partition coefficient (Wildman–Crippen LogP) is 1.39. The molecular weight excluding hydrogens is 326 g/mol. The van der Waals surface area contributed by atoms with Gasteiger partial charge in [-0.1, -0.05) is 6.07 Å². The van der Waals surface area contributed by atoms with Crippen LogP contribution in [0.4, 0.5) is 0 Å². The molecule has 0 saturated heterocycles. The molecule has 1 aromatic carbocycles. The third kappa shape index (κ3) is 7.12. The Bertz CT molecular complexity index is 575. The highest BCUT2D eigenvalue weighted by molar-refractivity contribution is 5.85. The van der Waals surface area contributed by atoms with Crippen molar-refractivity contribution in [3.63, 3.8) is 0 Å². The quantitative estimate of drug-likeness (QED) is 0.613. The molecule has 8 heteroatoms. The van der Waals surface area contributed by atoms with Gasteiger partial charge >= 0.3 is 17.9 Å². The average molecular weight is 346 g/mol. The molecule has 1 rings (SSSR count). The second-order valence-corrected chi connectivity index (χ2v) is 4.53. The summed E-state index contributed by atoms with van der Waals surface area (Å²) in [5.74, 6) is -1.39. The van der Waals surface area contributed by atoms with Crippen molar-refractivity contribution in [2.24, 2.45) is 5.73 Å². The summed E-state index contributed by atoms with van der Waals surface area (Å²) in [6, 6.07) is 3.78. The maximum atomic E-state index is 11.5. The van der Waals surface area contributed by atoms with Gasteiger partial charge < -0.3 is 19.9 Å². The van der Waals surface area contributed by atoms with Crippen molar-refractivity contribution in [2.75, 3.05) is 6.61 Å². The first-order valence-electron chi connectivity index (χ1n) is 6.75. The second kappa shape index (κ2) is 9.81. The summed E-state index contributed by atoms with van der Waals surface area (Å²) in [5.41, 5.74) is 6.38. The third-order valence-electron chi connectivity index (χ3n) is 2.56. The van der Waals surface area contributed by atoms with Crippen LogP contribution in [0.5, 0.6) is 11.5 Å². The Kier molecular flexibility index (Phi) is 8.90. The van der Waals surface area contributed by atoms with Crippen LogP contribution in [-0.4, -0.2) is 30.6 Å². The lowest BCUT2D eigenvalue weighted by Crippen LogP contribution is -2.34. The van der Waals surface area contributed by atoms with Gasteiger partial charge in [-0.2, -0.15) is 0 Å². The van der Waals surface area contributed by atoms with E-state index in [0.29, 0.717) is 5.56 Å². The van der Waals surface area contributed by atoms with E-state index in [4.69, 9.17) is 19.9 Å². The predicted molar refractivity (Wildman–Crippen MR) is 84.6 cm³/mol. The molecule has 0 aliphatic heterocycles. The monoisotopic (exact) mass is 345 g/mol. The molecule has 1 atom stereocenters. The van der Waals surface area contributed by atoms with E-state index in [1.54, 1.807) is 13.0 Å². The lowest BCUT2D eigenvalue weighted by atomic mass is 10.1. The molecule has 0 heterocycles. The van der Waals surface area contributed by atoms with Gasteiger partial charge in [0.05, 0.1) is 6.61 Å². The van der Waals surface area contributed by atoms with Gasteiger partial charge in [0, 0.05) is 13.8 Å². The zero-order valence-electron chi connectivity index (χ0n) is 13.2. The summed E-state index contributed by atoms with van der Waals surface area (Å²) in [4.78, 5) is 33.7. The zero-order chi connectivity index (χ0) is 16.7. The Balaban J connectivity index is 0.00000484. The Morgan fingerprint density at radius 3 is 2.17 bits per heavy atom. The lowest BCUT2D eigenvalue weighted by molar-refractivity contribution is -0.144. The minimum absolute atomic E-state index is 0. The van der Waals surface area contributed by atoms with Crippen molar-refractivity contribution in [3.05, 3.63) is 23.8 Å². The number of nitrogens with two attached hydrogens (primary N) is 1.